The van der Waals surface area contributed by atoms with Crippen LogP contribution in [0.1, 0.15) is 44.9 Å². The predicted octanol–water partition coefficient (Wildman–Crippen LogP) is 7.65. The van der Waals surface area contributed by atoms with Gasteiger partial charge in [0.2, 0.25) is 0 Å². The molecule has 0 saturated heterocycles. The Balaban J connectivity index is 1.37. The van der Waals surface area contributed by atoms with Crippen LogP contribution in [0.4, 0.5) is 13.2 Å². The Labute approximate surface area is 280 Å². The van der Waals surface area contributed by atoms with Gasteiger partial charge in [0, 0.05) is 30.7 Å². The van der Waals surface area contributed by atoms with Crippen LogP contribution in [0.3, 0.4) is 0 Å². The van der Waals surface area contributed by atoms with Crippen molar-refractivity contribution in [1.29, 1.82) is 0 Å². The first-order valence-electron chi connectivity index (χ1n) is 16.2. The molecule has 1 aromatic heterocycles. The van der Waals surface area contributed by atoms with Crippen molar-refractivity contribution in [2.24, 2.45) is 11.5 Å². The van der Waals surface area contributed by atoms with Gasteiger partial charge >= 0.3 is 6.18 Å². The third kappa shape index (κ3) is 6.25. The standard InChI is InChI=1S/C39H41F3N4OSi/c1-37(2,3)48(30-15-6-4-7-16-30,31-17-8-5-9-18-31)47-25-13-24-46-36(38(44)23-12-14-29(43)27-38)33-22-21-28(26-35(33)45-46)32-19-10-11-20-34(32)39(40,41)42/h4-12,14-23,26H,13,24-25,27,43-44H2,1-3H3. The first-order valence-corrected chi connectivity index (χ1v) is 18.1. The molecule has 5 aromatic rings. The van der Waals surface area contributed by atoms with Gasteiger partial charge in [-0.3, -0.25) is 4.68 Å². The maximum absolute atomic E-state index is 13.9. The minimum absolute atomic E-state index is 0.105. The Bertz CT molecular complexity index is 1920. The number of hydrogen-bond donors (Lipinski definition) is 2. The molecule has 0 radical (unpaired) electrons. The van der Waals surface area contributed by atoms with Gasteiger partial charge < -0.3 is 15.9 Å². The highest BCUT2D eigenvalue weighted by molar-refractivity contribution is 6.99. The number of hydrogen-bond acceptors (Lipinski definition) is 4. The summed E-state index contributed by atoms with van der Waals surface area (Å²) >= 11 is 0. The monoisotopic (exact) mass is 666 g/mol. The van der Waals surface area contributed by atoms with E-state index in [4.69, 9.17) is 21.0 Å². The second-order valence-electron chi connectivity index (χ2n) is 13.5. The van der Waals surface area contributed by atoms with Gasteiger partial charge in [-0.25, -0.2) is 0 Å². The summed E-state index contributed by atoms with van der Waals surface area (Å²) in [6.07, 6.45) is 2.14. The fraction of sp³-hybridized carbons (Fsp3) is 0.256. The topological polar surface area (TPSA) is 79.1 Å². The number of halogens is 3. The van der Waals surface area contributed by atoms with Crippen LogP contribution in [-0.4, -0.2) is 24.7 Å². The van der Waals surface area contributed by atoms with E-state index in [9.17, 15) is 13.2 Å². The summed E-state index contributed by atoms with van der Waals surface area (Å²) in [7, 11) is -2.74. The molecule has 0 fully saturated rings. The molecule has 48 heavy (non-hydrogen) atoms. The summed E-state index contributed by atoms with van der Waals surface area (Å²) in [6.45, 7) is 7.71. The van der Waals surface area contributed by atoms with Gasteiger partial charge in [-0.15, -0.1) is 0 Å². The summed E-state index contributed by atoms with van der Waals surface area (Å²) in [4.78, 5) is 0. The molecule has 1 heterocycles. The highest BCUT2D eigenvalue weighted by Crippen LogP contribution is 2.40. The molecule has 1 unspecified atom stereocenters. The summed E-state index contributed by atoms with van der Waals surface area (Å²) < 4.78 is 50.8. The fourth-order valence-corrected chi connectivity index (χ4v) is 11.7. The van der Waals surface area contributed by atoms with E-state index in [0.29, 0.717) is 42.8 Å². The molecule has 1 atom stereocenters. The smallest absolute Gasteiger partial charge is 0.407 e. The second kappa shape index (κ2) is 12.9. The lowest BCUT2D eigenvalue weighted by molar-refractivity contribution is -0.137. The summed E-state index contributed by atoms with van der Waals surface area (Å²) in [6, 6.07) is 31.9. The number of rotatable bonds is 9. The number of nitrogens with zero attached hydrogens (tertiary/aromatic N) is 2. The van der Waals surface area contributed by atoms with Crippen LogP contribution < -0.4 is 21.8 Å². The van der Waals surface area contributed by atoms with E-state index in [0.717, 1.165) is 17.1 Å². The molecule has 4 aromatic carbocycles. The van der Waals surface area contributed by atoms with Crippen molar-refractivity contribution in [2.75, 3.05) is 6.61 Å². The molecule has 248 valence electrons. The molecule has 4 N–H and O–H groups in total. The predicted molar refractivity (Wildman–Crippen MR) is 190 cm³/mol. The molecular formula is C39H41F3N4OSi. The van der Waals surface area contributed by atoms with E-state index in [1.807, 2.05) is 41.1 Å². The molecule has 1 aliphatic rings. The summed E-state index contributed by atoms with van der Waals surface area (Å²) in [5, 5.41) is 7.97. The number of aromatic nitrogens is 2. The number of aryl methyl sites for hydroxylation is 1. The largest absolute Gasteiger partial charge is 0.417 e. The molecule has 5 nitrogen and oxygen atoms in total. The van der Waals surface area contributed by atoms with E-state index < -0.39 is 25.6 Å². The maximum atomic E-state index is 13.9. The lowest BCUT2D eigenvalue weighted by Crippen LogP contribution is -2.66. The molecule has 6 rings (SSSR count). The van der Waals surface area contributed by atoms with Crippen LogP contribution in [0.5, 0.6) is 0 Å². The minimum atomic E-state index is -4.49. The lowest BCUT2D eigenvalue weighted by Gasteiger charge is -2.43. The van der Waals surface area contributed by atoms with Gasteiger partial charge in [-0.05, 0) is 51.2 Å². The number of alkyl halides is 3. The van der Waals surface area contributed by atoms with Gasteiger partial charge in [0.05, 0.1) is 22.3 Å². The van der Waals surface area contributed by atoms with Crippen LogP contribution in [-0.2, 0) is 22.7 Å². The van der Waals surface area contributed by atoms with Crippen LogP contribution in [0, 0.1) is 0 Å². The second-order valence-corrected chi connectivity index (χ2v) is 17.8. The fourth-order valence-electron chi connectivity index (χ4n) is 7.10. The zero-order chi connectivity index (χ0) is 34.2. The Kier molecular flexibility index (Phi) is 8.97. The molecule has 1 aliphatic carbocycles. The Hall–Kier alpha value is -4.44. The number of benzene rings is 4. The summed E-state index contributed by atoms with van der Waals surface area (Å²) in [5.41, 5.74) is 14.2. The van der Waals surface area contributed by atoms with Gasteiger partial charge in [0.25, 0.3) is 8.32 Å². The van der Waals surface area contributed by atoms with Crippen molar-refractivity contribution in [3.8, 4) is 11.1 Å². The normalized spacial score (nSPS) is 17.1. The summed E-state index contributed by atoms with van der Waals surface area (Å²) in [5.74, 6) is 0. The van der Waals surface area contributed by atoms with E-state index in [-0.39, 0.29) is 10.6 Å². The number of allylic oxidation sites excluding steroid dienone is 2. The number of nitrogens with two attached hydrogens (primary N) is 2. The molecule has 0 bridgehead atoms. The average molecular weight is 667 g/mol. The molecular weight excluding hydrogens is 626 g/mol. The van der Waals surface area contributed by atoms with Gasteiger partial charge in [-0.1, -0.05) is 124 Å². The quantitative estimate of drug-likeness (QED) is 0.125. The Morgan fingerprint density at radius 1 is 0.875 bits per heavy atom. The van der Waals surface area contributed by atoms with Crippen LogP contribution in [0.15, 0.2) is 127 Å². The van der Waals surface area contributed by atoms with E-state index >= 15 is 0 Å². The molecule has 0 aliphatic heterocycles. The lowest BCUT2D eigenvalue weighted by atomic mass is 9.85. The van der Waals surface area contributed by atoms with Crippen LogP contribution in [0.25, 0.3) is 22.0 Å². The van der Waals surface area contributed by atoms with Crippen molar-refractivity contribution in [2.45, 2.75) is 56.9 Å². The number of fused-ring (bicyclic) bond motifs is 1. The Morgan fingerprint density at radius 2 is 1.50 bits per heavy atom. The van der Waals surface area contributed by atoms with E-state index in [1.165, 1.54) is 22.5 Å². The zero-order valence-electron chi connectivity index (χ0n) is 27.5. The first-order chi connectivity index (χ1) is 22.8. The van der Waals surface area contributed by atoms with Crippen LogP contribution in [0.2, 0.25) is 5.04 Å². The van der Waals surface area contributed by atoms with Crippen molar-refractivity contribution < 1.29 is 17.6 Å². The molecule has 0 saturated carbocycles. The first kappa shape index (κ1) is 33.5. The highest BCUT2D eigenvalue weighted by atomic mass is 28.4. The van der Waals surface area contributed by atoms with Crippen molar-refractivity contribution >= 4 is 29.6 Å². The van der Waals surface area contributed by atoms with E-state index in [2.05, 4.69) is 69.3 Å². The molecule has 0 spiro atoms. The zero-order valence-corrected chi connectivity index (χ0v) is 28.5. The molecule has 0 amide bonds. The van der Waals surface area contributed by atoms with Gasteiger partial charge in [-0.2, -0.15) is 18.3 Å². The van der Waals surface area contributed by atoms with Gasteiger partial charge in [0.1, 0.15) is 0 Å². The SMILES string of the molecule is CC(C)(C)[Si](OCCCn1nc2cc(-c3ccccc3C(F)(F)F)ccc2c1C1(N)C=CC=C(N)C1)(c1ccccc1)c1ccccc1. The maximum Gasteiger partial charge on any atom is 0.417 e. The van der Waals surface area contributed by atoms with Crippen molar-refractivity contribution in [3.63, 3.8) is 0 Å². The van der Waals surface area contributed by atoms with Crippen molar-refractivity contribution in [1.82, 2.24) is 9.78 Å². The van der Waals surface area contributed by atoms with Crippen LogP contribution >= 0.6 is 0 Å². The third-order valence-electron chi connectivity index (χ3n) is 9.17. The van der Waals surface area contributed by atoms with E-state index in [1.54, 1.807) is 18.2 Å². The molecule has 9 heteroatoms. The highest BCUT2D eigenvalue weighted by Gasteiger charge is 2.50. The minimum Gasteiger partial charge on any atom is -0.407 e. The average Bonchev–Trinajstić information content (AvgIpc) is 3.43. The third-order valence-corrected chi connectivity index (χ3v) is 14.2. The Morgan fingerprint density at radius 3 is 2.10 bits per heavy atom. The van der Waals surface area contributed by atoms with Crippen molar-refractivity contribution in [3.05, 3.63) is 138 Å². The van der Waals surface area contributed by atoms with Gasteiger partial charge in [0.15, 0.2) is 0 Å².